The minimum atomic E-state index is -1.29. The Morgan fingerprint density at radius 1 is 1.40 bits per heavy atom. The Labute approximate surface area is 92.1 Å². The molecule has 1 aromatic rings. The highest BCUT2D eigenvalue weighted by Crippen LogP contribution is 2.20. The number of rotatable bonds is 4. The summed E-state index contributed by atoms with van der Waals surface area (Å²) in [7, 11) is 0. The molecule has 0 spiro atoms. The normalized spacial score (nSPS) is 14.6. The maximum atomic E-state index is 10.5. The fourth-order valence-corrected chi connectivity index (χ4v) is 1.55. The SMILES string of the molecule is CSc1ccc([C@@H](O)[C@H](N)C(=O)O)cc1. The highest BCUT2D eigenvalue weighted by atomic mass is 32.2. The third kappa shape index (κ3) is 2.95. The van der Waals surface area contributed by atoms with Crippen molar-refractivity contribution in [3.8, 4) is 0 Å². The highest BCUT2D eigenvalue weighted by molar-refractivity contribution is 7.98. The molecule has 2 atom stereocenters. The number of benzene rings is 1. The molecule has 0 fully saturated rings. The zero-order valence-electron chi connectivity index (χ0n) is 8.25. The number of thioether (sulfide) groups is 1. The standard InChI is InChI=1S/C10H13NO3S/c1-15-7-4-2-6(3-5-7)9(12)8(11)10(13)14/h2-5,8-9,12H,11H2,1H3,(H,13,14)/t8-,9+/m0/s1. The number of carboxylic acids is 1. The lowest BCUT2D eigenvalue weighted by molar-refractivity contribution is -0.141. The van der Waals surface area contributed by atoms with Gasteiger partial charge in [0, 0.05) is 4.90 Å². The Hall–Kier alpha value is -1.04. The minimum absolute atomic E-state index is 0.516. The molecule has 82 valence electrons. The molecule has 15 heavy (non-hydrogen) atoms. The summed E-state index contributed by atoms with van der Waals surface area (Å²) in [6, 6.07) is 5.71. The van der Waals surface area contributed by atoms with Crippen LogP contribution in [0, 0.1) is 0 Å². The van der Waals surface area contributed by atoms with Gasteiger partial charge in [0.25, 0.3) is 0 Å². The van der Waals surface area contributed by atoms with Crippen LogP contribution in [0.15, 0.2) is 29.2 Å². The first kappa shape index (κ1) is 12.0. The molecule has 0 radical (unpaired) electrons. The summed E-state index contributed by atoms with van der Waals surface area (Å²) in [6.45, 7) is 0. The molecule has 0 aromatic heterocycles. The second kappa shape index (κ2) is 5.16. The third-order valence-corrected chi connectivity index (χ3v) is 2.83. The van der Waals surface area contributed by atoms with Gasteiger partial charge < -0.3 is 15.9 Å². The molecule has 0 bridgehead atoms. The topological polar surface area (TPSA) is 83.5 Å². The molecule has 0 amide bonds. The van der Waals surface area contributed by atoms with E-state index >= 15 is 0 Å². The molecular formula is C10H13NO3S. The van der Waals surface area contributed by atoms with Gasteiger partial charge in [-0.05, 0) is 24.0 Å². The first-order valence-electron chi connectivity index (χ1n) is 4.36. The zero-order valence-corrected chi connectivity index (χ0v) is 9.07. The van der Waals surface area contributed by atoms with E-state index < -0.39 is 18.1 Å². The third-order valence-electron chi connectivity index (χ3n) is 2.08. The Kier molecular flexibility index (Phi) is 4.14. The average Bonchev–Trinajstić information content (AvgIpc) is 2.27. The summed E-state index contributed by atoms with van der Waals surface area (Å²) < 4.78 is 0. The van der Waals surface area contributed by atoms with Gasteiger partial charge in [-0.25, -0.2) is 0 Å². The van der Waals surface area contributed by atoms with Crippen molar-refractivity contribution in [3.63, 3.8) is 0 Å². The number of nitrogens with two attached hydrogens (primary N) is 1. The number of hydrogen-bond acceptors (Lipinski definition) is 4. The van der Waals surface area contributed by atoms with Crippen molar-refractivity contribution in [2.75, 3.05) is 6.26 Å². The molecule has 0 saturated heterocycles. The molecule has 1 rings (SSSR count). The summed E-state index contributed by atoms with van der Waals surface area (Å²) in [4.78, 5) is 11.6. The lowest BCUT2D eigenvalue weighted by Gasteiger charge is -2.15. The lowest BCUT2D eigenvalue weighted by atomic mass is 10.0. The number of carboxylic acid groups (broad SMARTS) is 1. The van der Waals surface area contributed by atoms with E-state index in [1.807, 2.05) is 18.4 Å². The van der Waals surface area contributed by atoms with Crippen LogP contribution in [0.2, 0.25) is 0 Å². The van der Waals surface area contributed by atoms with Crippen LogP contribution in [0.3, 0.4) is 0 Å². The second-order valence-corrected chi connectivity index (χ2v) is 3.96. The predicted molar refractivity (Wildman–Crippen MR) is 58.8 cm³/mol. The molecule has 0 aliphatic rings. The van der Waals surface area contributed by atoms with Crippen LogP contribution >= 0.6 is 11.8 Å². The monoisotopic (exact) mass is 227 g/mol. The molecule has 0 saturated carbocycles. The zero-order chi connectivity index (χ0) is 11.4. The summed E-state index contributed by atoms with van der Waals surface area (Å²) in [6.07, 6.45) is 0.771. The van der Waals surface area contributed by atoms with Crippen LogP contribution in [-0.2, 0) is 4.79 Å². The van der Waals surface area contributed by atoms with Gasteiger partial charge >= 0.3 is 5.97 Å². The van der Waals surface area contributed by atoms with Gasteiger partial charge in [0.1, 0.15) is 12.1 Å². The van der Waals surface area contributed by atoms with Gasteiger partial charge in [-0.15, -0.1) is 11.8 Å². The van der Waals surface area contributed by atoms with Crippen LogP contribution < -0.4 is 5.73 Å². The van der Waals surface area contributed by atoms with Crippen molar-refractivity contribution < 1.29 is 15.0 Å². The lowest BCUT2D eigenvalue weighted by Crippen LogP contribution is -2.36. The number of aliphatic hydroxyl groups excluding tert-OH is 1. The first-order valence-corrected chi connectivity index (χ1v) is 5.59. The van der Waals surface area contributed by atoms with Crippen molar-refractivity contribution >= 4 is 17.7 Å². The van der Waals surface area contributed by atoms with E-state index in [2.05, 4.69) is 0 Å². The smallest absolute Gasteiger partial charge is 0.323 e. The molecule has 4 N–H and O–H groups in total. The Morgan fingerprint density at radius 3 is 2.33 bits per heavy atom. The van der Waals surface area contributed by atoms with Crippen molar-refractivity contribution in [2.24, 2.45) is 5.73 Å². The fourth-order valence-electron chi connectivity index (χ4n) is 1.14. The Morgan fingerprint density at radius 2 is 1.93 bits per heavy atom. The van der Waals surface area contributed by atoms with Gasteiger partial charge in [0.15, 0.2) is 0 Å². The molecule has 0 aliphatic heterocycles. The van der Waals surface area contributed by atoms with Crippen LogP contribution in [-0.4, -0.2) is 28.5 Å². The maximum absolute atomic E-state index is 10.5. The van der Waals surface area contributed by atoms with Crippen LogP contribution in [0.25, 0.3) is 0 Å². The molecular weight excluding hydrogens is 214 g/mol. The van der Waals surface area contributed by atoms with Crippen molar-refractivity contribution in [3.05, 3.63) is 29.8 Å². The van der Waals surface area contributed by atoms with Gasteiger partial charge in [0.2, 0.25) is 0 Å². The molecule has 5 heteroatoms. The number of aliphatic carboxylic acids is 1. The first-order chi connectivity index (χ1) is 7.06. The highest BCUT2D eigenvalue weighted by Gasteiger charge is 2.23. The van der Waals surface area contributed by atoms with E-state index in [-0.39, 0.29) is 0 Å². The fraction of sp³-hybridized carbons (Fsp3) is 0.300. The van der Waals surface area contributed by atoms with E-state index in [1.165, 1.54) is 0 Å². The summed E-state index contributed by atoms with van der Waals surface area (Å²) >= 11 is 1.57. The van der Waals surface area contributed by atoms with E-state index in [4.69, 9.17) is 10.8 Å². The molecule has 0 unspecified atom stereocenters. The number of hydrogen-bond donors (Lipinski definition) is 3. The van der Waals surface area contributed by atoms with E-state index in [1.54, 1.807) is 23.9 Å². The number of carbonyl (C=O) groups is 1. The van der Waals surface area contributed by atoms with Gasteiger partial charge in [-0.1, -0.05) is 12.1 Å². The number of aliphatic hydroxyl groups is 1. The molecule has 4 nitrogen and oxygen atoms in total. The summed E-state index contributed by atoms with van der Waals surface area (Å²) in [5.41, 5.74) is 5.82. The maximum Gasteiger partial charge on any atom is 0.323 e. The Balaban J connectivity index is 2.82. The van der Waals surface area contributed by atoms with Crippen LogP contribution in [0.1, 0.15) is 11.7 Å². The average molecular weight is 227 g/mol. The second-order valence-electron chi connectivity index (χ2n) is 3.08. The summed E-state index contributed by atoms with van der Waals surface area (Å²) in [5.74, 6) is -1.21. The summed E-state index contributed by atoms with van der Waals surface area (Å²) in [5, 5.41) is 18.2. The van der Waals surface area contributed by atoms with E-state index in [0.717, 1.165) is 4.90 Å². The van der Waals surface area contributed by atoms with Crippen LogP contribution in [0.5, 0.6) is 0 Å². The van der Waals surface area contributed by atoms with E-state index in [0.29, 0.717) is 5.56 Å². The largest absolute Gasteiger partial charge is 0.480 e. The predicted octanol–water partition coefficient (Wildman–Crippen LogP) is 0.854. The Bertz CT molecular complexity index is 339. The van der Waals surface area contributed by atoms with Crippen LogP contribution in [0.4, 0.5) is 0 Å². The van der Waals surface area contributed by atoms with E-state index in [9.17, 15) is 9.90 Å². The molecule has 0 heterocycles. The van der Waals surface area contributed by atoms with Gasteiger partial charge in [0.05, 0.1) is 0 Å². The van der Waals surface area contributed by atoms with Crippen molar-refractivity contribution in [1.29, 1.82) is 0 Å². The molecule has 1 aromatic carbocycles. The minimum Gasteiger partial charge on any atom is -0.480 e. The van der Waals surface area contributed by atoms with Gasteiger partial charge in [-0.2, -0.15) is 0 Å². The van der Waals surface area contributed by atoms with Crippen molar-refractivity contribution in [1.82, 2.24) is 0 Å². The molecule has 0 aliphatic carbocycles. The quantitative estimate of drug-likeness (QED) is 0.664. The van der Waals surface area contributed by atoms with Gasteiger partial charge in [-0.3, -0.25) is 4.79 Å². The van der Waals surface area contributed by atoms with Crippen molar-refractivity contribution in [2.45, 2.75) is 17.0 Å².